The molecule has 2 aromatic carbocycles. The van der Waals surface area contributed by atoms with Gasteiger partial charge >= 0.3 is 0 Å². The van der Waals surface area contributed by atoms with Crippen molar-refractivity contribution in [3.05, 3.63) is 77.6 Å². The van der Waals surface area contributed by atoms with Gasteiger partial charge in [-0.1, -0.05) is 29.8 Å². The van der Waals surface area contributed by atoms with Crippen LogP contribution in [0.15, 0.2) is 71.9 Å². The van der Waals surface area contributed by atoms with Crippen molar-refractivity contribution in [3.63, 3.8) is 0 Å². The van der Waals surface area contributed by atoms with Gasteiger partial charge in [-0.15, -0.1) is 0 Å². The molecule has 0 aliphatic rings. The Morgan fingerprint density at radius 3 is 2.50 bits per heavy atom. The summed E-state index contributed by atoms with van der Waals surface area (Å²) in [5.74, 6) is -0.542. The summed E-state index contributed by atoms with van der Waals surface area (Å²) in [5.41, 5.74) is 1.95. The molecule has 0 saturated carbocycles. The van der Waals surface area contributed by atoms with Crippen molar-refractivity contribution in [2.45, 2.75) is 17.7 Å². The molecule has 0 unspecified atom stereocenters. The number of carbonyl (C=O) groups excluding carboxylic acids is 1. The number of halogens is 1. The van der Waals surface area contributed by atoms with Gasteiger partial charge in [0.1, 0.15) is 0 Å². The van der Waals surface area contributed by atoms with Gasteiger partial charge in [-0.3, -0.25) is 4.79 Å². The molecule has 1 N–H and O–H groups in total. The van der Waals surface area contributed by atoms with Crippen LogP contribution in [0.25, 0.3) is 5.69 Å². The lowest BCUT2D eigenvalue weighted by atomic mass is 10.2. The molecule has 0 aliphatic carbocycles. The topological polar surface area (TPSA) is 81.1 Å². The zero-order valence-corrected chi connectivity index (χ0v) is 16.7. The lowest BCUT2D eigenvalue weighted by Gasteiger charge is -2.06. The highest BCUT2D eigenvalue weighted by molar-refractivity contribution is 7.91. The normalized spacial score (nSPS) is 11.3. The largest absolute Gasteiger partial charge is 0.356 e. The number of hydrogen-bond acceptors (Lipinski definition) is 4. The van der Waals surface area contributed by atoms with Crippen molar-refractivity contribution >= 4 is 27.3 Å². The molecular formula is C20H20ClN3O3S. The zero-order chi connectivity index (χ0) is 20.0. The number of carbonyl (C=O) groups is 1. The van der Waals surface area contributed by atoms with Gasteiger partial charge in [-0.25, -0.2) is 13.1 Å². The lowest BCUT2D eigenvalue weighted by molar-refractivity contribution is -0.120. The molecule has 8 heteroatoms. The van der Waals surface area contributed by atoms with E-state index in [0.29, 0.717) is 18.0 Å². The van der Waals surface area contributed by atoms with E-state index in [0.717, 1.165) is 11.3 Å². The van der Waals surface area contributed by atoms with Crippen LogP contribution in [0.2, 0.25) is 5.02 Å². The summed E-state index contributed by atoms with van der Waals surface area (Å²) < 4.78 is 26.3. The van der Waals surface area contributed by atoms with E-state index in [-0.39, 0.29) is 23.0 Å². The van der Waals surface area contributed by atoms with Crippen LogP contribution in [0.1, 0.15) is 12.0 Å². The van der Waals surface area contributed by atoms with Crippen LogP contribution in [-0.2, 0) is 21.1 Å². The van der Waals surface area contributed by atoms with Gasteiger partial charge in [0.25, 0.3) is 0 Å². The summed E-state index contributed by atoms with van der Waals surface area (Å²) in [6.45, 7) is 0.417. The first-order valence-electron chi connectivity index (χ1n) is 8.78. The van der Waals surface area contributed by atoms with E-state index in [1.165, 1.54) is 24.3 Å². The second kappa shape index (κ2) is 9.03. The number of nitrogens with zero attached hydrogens (tertiary/aromatic N) is 2. The molecule has 3 aromatic rings. The SMILES string of the molecule is O=C(CCS(=O)(=O)c1ccc(Cl)cc1)NCCc1cnn(-c2ccccc2)c1. The Kier molecular flexibility index (Phi) is 6.49. The molecule has 146 valence electrons. The predicted molar refractivity (Wildman–Crippen MR) is 108 cm³/mol. The lowest BCUT2D eigenvalue weighted by Crippen LogP contribution is -2.27. The number of rotatable bonds is 8. The van der Waals surface area contributed by atoms with Crippen molar-refractivity contribution < 1.29 is 13.2 Å². The number of amides is 1. The van der Waals surface area contributed by atoms with Gasteiger partial charge in [0.05, 0.1) is 22.5 Å². The van der Waals surface area contributed by atoms with Crippen molar-refractivity contribution in [2.75, 3.05) is 12.3 Å². The first kappa shape index (κ1) is 20.1. The number of para-hydroxylation sites is 1. The van der Waals surface area contributed by atoms with E-state index in [9.17, 15) is 13.2 Å². The summed E-state index contributed by atoms with van der Waals surface area (Å²) in [6, 6.07) is 15.7. The van der Waals surface area contributed by atoms with E-state index >= 15 is 0 Å². The summed E-state index contributed by atoms with van der Waals surface area (Å²) in [6.07, 6.45) is 4.19. The van der Waals surface area contributed by atoms with E-state index < -0.39 is 9.84 Å². The average Bonchev–Trinajstić information content (AvgIpc) is 3.16. The number of benzene rings is 2. The van der Waals surface area contributed by atoms with E-state index in [4.69, 9.17) is 11.6 Å². The maximum absolute atomic E-state index is 12.2. The fourth-order valence-corrected chi connectivity index (χ4v) is 4.00. The van der Waals surface area contributed by atoms with Gasteiger partial charge in [-0.05, 0) is 48.4 Å². The van der Waals surface area contributed by atoms with E-state index in [2.05, 4.69) is 10.4 Å². The first-order valence-corrected chi connectivity index (χ1v) is 10.8. The standard InChI is InChI=1S/C20H20ClN3O3S/c21-17-6-8-19(9-7-17)28(26,27)13-11-20(25)22-12-10-16-14-23-24(15-16)18-4-2-1-3-5-18/h1-9,14-15H,10-13H2,(H,22,25). The highest BCUT2D eigenvalue weighted by atomic mass is 35.5. The summed E-state index contributed by atoms with van der Waals surface area (Å²) in [4.78, 5) is 12.1. The number of hydrogen-bond donors (Lipinski definition) is 1. The minimum Gasteiger partial charge on any atom is -0.356 e. The summed E-state index contributed by atoms with van der Waals surface area (Å²) >= 11 is 5.77. The summed E-state index contributed by atoms with van der Waals surface area (Å²) in [5, 5.41) is 7.52. The third kappa shape index (κ3) is 5.43. The monoisotopic (exact) mass is 417 g/mol. The predicted octanol–water partition coefficient (Wildman–Crippen LogP) is 3.05. The van der Waals surface area contributed by atoms with Crippen molar-refractivity contribution in [1.29, 1.82) is 0 Å². The first-order chi connectivity index (χ1) is 13.4. The van der Waals surface area contributed by atoms with Crippen molar-refractivity contribution in [3.8, 4) is 5.69 Å². The summed E-state index contributed by atoms with van der Waals surface area (Å²) in [7, 11) is -3.51. The van der Waals surface area contributed by atoms with Gasteiger partial charge in [0.15, 0.2) is 9.84 Å². The Morgan fingerprint density at radius 2 is 1.79 bits per heavy atom. The van der Waals surface area contributed by atoms with E-state index in [1.54, 1.807) is 10.9 Å². The van der Waals surface area contributed by atoms with Gasteiger partial charge < -0.3 is 5.32 Å². The van der Waals surface area contributed by atoms with Crippen LogP contribution < -0.4 is 5.32 Å². The van der Waals surface area contributed by atoms with E-state index in [1.807, 2.05) is 36.5 Å². The highest BCUT2D eigenvalue weighted by Crippen LogP contribution is 2.16. The van der Waals surface area contributed by atoms with Gasteiger partial charge in [0.2, 0.25) is 5.91 Å². The number of nitrogens with one attached hydrogen (secondary N) is 1. The number of aromatic nitrogens is 2. The fourth-order valence-electron chi connectivity index (χ4n) is 2.63. The van der Waals surface area contributed by atoms with Crippen LogP contribution >= 0.6 is 11.6 Å². The maximum Gasteiger partial charge on any atom is 0.221 e. The Bertz CT molecular complexity index is 1030. The Labute approximate surface area is 169 Å². The molecule has 28 heavy (non-hydrogen) atoms. The smallest absolute Gasteiger partial charge is 0.221 e. The molecule has 3 rings (SSSR count). The maximum atomic E-state index is 12.2. The third-order valence-electron chi connectivity index (χ3n) is 4.16. The quantitative estimate of drug-likeness (QED) is 0.610. The van der Waals surface area contributed by atoms with Crippen LogP contribution in [0, 0.1) is 0 Å². The Morgan fingerprint density at radius 1 is 1.07 bits per heavy atom. The van der Waals surface area contributed by atoms with Gasteiger partial charge in [0, 0.05) is 24.2 Å². The molecule has 6 nitrogen and oxygen atoms in total. The molecule has 1 heterocycles. The zero-order valence-electron chi connectivity index (χ0n) is 15.1. The highest BCUT2D eigenvalue weighted by Gasteiger charge is 2.16. The third-order valence-corrected chi connectivity index (χ3v) is 6.15. The molecular weight excluding hydrogens is 398 g/mol. The molecule has 0 radical (unpaired) electrons. The fraction of sp³-hybridized carbons (Fsp3) is 0.200. The average molecular weight is 418 g/mol. The van der Waals surface area contributed by atoms with Crippen LogP contribution in [0.4, 0.5) is 0 Å². The van der Waals surface area contributed by atoms with Crippen molar-refractivity contribution in [1.82, 2.24) is 15.1 Å². The second-order valence-corrected chi connectivity index (χ2v) is 8.80. The Hall–Kier alpha value is -2.64. The molecule has 1 aromatic heterocycles. The second-order valence-electron chi connectivity index (χ2n) is 6.25. The molecule has 1 amide bonds. The van der Waals surface area contributed by atoms with Crippen molar-refractivity contribution in [2.24, 2.45) is 0 Å². The molecule has 0 fully saturated rings. The molecule has 0 saturated heterocycles. The molecule has 0 aliphatic heterocycles. The van der Waals surface area contributed by atoms with Crippen LogP contribution in [0.5, 0.6) is 0 Å². The number of sulfone groups is 1. The molecule has 0 bridgehead atoms. The van der Waals surface area contributed by atoms with Crippen LogP contribution in [-0.4, -0.2) is 36.4 Å². The minimum absolute atomic E-state index is 0.0891. The van der Waals surface area contributed by atoms with Gasteiger partial charge in [-0.2, -0.15) is 5.10 Å². The van der Waals surface area contributed by atoms with Crippen LogP contribution in [0.3, 0.4) is 0 Å². The minimum atomic E-state index is -3.51. The molecule has 0 spiro atoms. The molecule has 0 atom stereocenters. The Balaban J connectivity index is 1.45.